The Morgan fingerprint density at radius 2 is 1.92 bits per heavy atom. The zero-order chi connectivity index (χ0) is 25.1. The van der Waals surface area contributed by atoms with Crippen molar-refractivity contribution < 1.29 is 4.79 Å². The number of nitrogens with two attached hydrogens (primary N) is 1. The van der Waals surface area contributed by atoms with Crippen LogP contribution in [-0.2, 0) is 17.8 Å². The number of fused-ring (bicyclic) bond motifs is 1. The van der Waals surface area contributed by atoms with Crippen molar-refractivity contribution in [1.82, 2.24) is 19.8 Å². The van der Waals surface area contributed by atoms with E-state index >= 15 is 0 Å². The van der Waals surface area contributed by atoms with Gasteiger partial charge in [-0.15, -0.1) is 0 Å². The molecule has 1 saturated carbocycles. The van der Waals surface area contributed by atoms with Crippen molar-refractivity contribution in [3.8, 4) is 5.69 Å². The van der Waals surface area contributed by atoms with Crippen molar-refractivity contribution in [3.05, 3.63) is 81.8 Å². The summed E-state index contributed by atoms with van der Waals surface area (Å²) in [6.45, 7) is 3.55. The maximum Gasteiger partial charge on any atom is 0.264 e. The summed E-state index contributed by atoms with van der Waals surface area (Å²) in [6, 6.07) is 17.8. The molecule has 0 unspecified atom stereocenters. The summed E-state index contributed by atoms with van der Waals surface area (Å²) in [5.41, 5.74) is 9.96. The lowest BCUT2D eigenvalue weighted by Gasteiger charge is -2.30. The van der Waals surface area contributed by atoms with Gasteiger partial charge in [-0.05, 0) is 37.5 Å². The first-order valence-electron chi connectivity index (χ1n) is 12.7. The molecule has 3 aromatic rings. The van der Waals surface area contributed by atoms with E-state index in [-0.39, 0.29) is 24.1 Å². The highest BCUT2D eigenvalue weighted by atomic mass is 32.2. The van der Waals surface area contributed by atoms with Crippen LogP contribution in [0, 0.1) is 0 Å². The molecular weight excluding hydrogens is 470 g/mol. The SMILES string of the molecule is C[C@@H](NCCC(=O)N1CCc2nc(SC3CCC3)n(-c3ccccc3N)c(=O)c2C1)c1ccccc1. The third kappa shape index (κ3) is 5.20. The van der Waals surface area contributed by atoms with Gasteiger partial charge in [0.15, 0.2) is 5.16 Å². The second kappa shape index (κ2) is 10.9. The summed E-state index contributed by atoms with van der Waals surface area (Å²) < 4.78 is 1.66. The number of hydrogen-bond donors (Lipinski definition) is 2. The Morgan fingerprint density at radius 1 is 1.17 bits per heavy atom. The smallest absolute Gasteiger partial charge is 0.264 e. The maximum absolute atomic E-state index is 13.8. The number of thioether (sulfide) groups is 1. The number of carbonyl (C=O) groups is 1. The molecule has 0 bridgehead atoms. The van der Waals surface area contributed by atoms with Crippen LogP contribution in [0.1, 0.15) is 55.5 Å². The van der Waals surface area contributed by atoms with Gasteiger partial charge >= 0.3 is 0 Å². The van der Waals surface area contributed by atoms with Gasteiger partial charge in [-0.2, -0.15) is 0 Å². The van der Waals surface area contributed by atoms with E-state index in [1.54, 1.807) is 27.3 Å². The van der Waals surface area contributed by atoms with Crippen LogP contribution in [0.4, 0.5) is 5.69 Å². The highest BCUT2D eigenvalue weighted by Gasteiger charge is 2.29. The molecular formula is C28H33N5O2S. The lowest BCUT2D eigenvalue weighted by Crippen LogP contribution is -2.42. The molecule has 2 heterocycles. The summed E-state index contributed by atoms with van der Waals surface area (Å²) in [6.07, 6.45) is 4.47. The van der Waals surface area contributed by atoms with Gasteiger partial charge in [0.2, 0.25) is 5.91 Å². The standard InChI is InChI=1S/C28H33N5O2S/c1-19(20-8-3-2-4-9-20)30-16-14-26(34)32-17-15-24-22(18-32)27(35)33(25-13-6-5-12-23(25)29)28(31-24)36-21-10-7-11-21/h2-6,8-9,12-13,19,21,30H,7,10-11,14-18,29H2,1H3/t19-/m1/s1. The third-order valence-electron chi connectivity index (χ3n) is 7.14. The highest BCUT2D eigenvalue weighted by molar-refractivity contribution is 7.99. The Labute approximate surface area is 216 Å². The minimum Gasteiger partial charge on any atom is -0.397 e. The molecule has 7 nitrogen and oxygen atoms in total. The van der Waals surface area contributed by atoms with E-state index in [4.69, 9.17) is 10.7 Å². The molecule has 1 aliphatic carbocycles. The van der Waals surface area contributed by atoms with Crippen molar-refractivity contribution in [2.24, 2.45) is 0 Å². The molecule has 1 aliphatic heterocycles. The number of amides is 1. The van der Waals surface area contributed by atoms with Crippen LogP contribution >= 0.6 is 11.8 Å². The Balaban J connectivity index is 1.33. The van der Waals surface area contributed by atoms with Crippen molar-refractivity contribution in [2.75, 3.05) is 18.8 Å². The normalized spacial score (nSPS) is 16.3. The lowest BCUT2D eigenvalue weighted by atomic mass is 10.0. The van der Waals surface area contributed by atoms with E-state index in [0.717, 1.165) is 18.5 Å². The Morgan fingerprint density at radius 3 is 2.64 bits per heavy atom. The second-order valence-electron chi connectivity index (χ2n) is 9.59. The van der Waals surface area contributed by atoms with Gasteiger partial charge in [-0.25, -0.2) is 4.98 Å². The topological polar surface area (TPSA) is 93.2 Å². The second-order valence-corrected chi connectivity index (χ2v) is 10.9. The van der Waals surface area contributed by atoms with Gasteiger partial charge in [-0.1, -0.05) is 60.6 Å². The number of rotatable bonds is 8. The fourth-order valence-electron chi connectivity index (χ4n) is 4.70. The van der Waals surface area contributed by atoms with Crippen LogP contribution in [0.2, 0.25) is 0 Å². The number of para-hydroxylation sites is 2. The third-order valence-corrected chi connectivity index (χ3v) is 8.43. The number of nitrogen functional groups attached to an aromatic ring is 1. The zero-order valence-electron chi connectivity index (χ0n) is 20.7. The van der Waals surface area contributed by atoms with Gasteiger partial charge in [-0.3, -0.25) is 14.2 Å². The number of anilines is 1. The van der Waals surface area contributed by atoms with E-state index in [2.05, 4.69) is 24.4 Å². The zero-order valence-corrected chi connectivity index (χ0v) is 21.5. The predicted molar refractivity (Wildman–Crippen MR) is 144 cm³/mol. The minimum atomic E-state index is -0.118. The molecule has 0 spiro atoms. The van der Waals surface area contributed by atoms with Gasteiger partial charge in [0.1, 0.15) is 0 Å². The molecule has 1 aromatic heterocycles. The number of benzene rings is 2. The monoisotopic (exact) mass is 503 g/mol. The molecule has 2 aliphatic rings. The fraction of sp³-hybridized carbons (Fsp3) is 0.393. The van der Waals surface area contributed by atoms with E-state index in [1.165, 1.54) is 12.0 Å². The van der Waals surface area contributed by atoms with Crippen LogP contribution in [0.15, 0.2) is 64.5 Å². The van der Waals surface area contributed by atoms with Gasteiger partial charge in [0, 0.05) is 37.2 Å². The summed E-state index contributed by atoms with van der Waals surface area (Å²) in [5, 5.41) is 4.62. The number of nitrogens with zero attached hydrogens (tertiary/aromatic N) is 3. The van der Waals surface area contributed by atoms with E-state index < -0.39 is 0 Å². The molecule has 0 radical (unpaired) electrons. The Bertz CT molecular complexity index is 1290. The van der Waals surface area contributed by atoms with Gasteiger partial charge in [0.25, 0.3) is 5.56 Å². The van der Waals surface area contributed by atoms with Crippen molar-refractivity contribution in [3.63, 3.8) is 0 Å². The number of hydrogen-bond acceptors (Lipinski definition) is 6. The summed E-state index contributed by atoms with van der Waals surface area (Å²) in [5.74, 6) is 0.0477. The van der Waals surface area contributed by atoms with Gasteiger partial charge < -0.3 is 16.0 Å². The van der Waals surface area contributed by atoms with Crippen LogP contribution < -0.4 is 16.6 Å². The maximum atomic E-state index is 13.8. The number of carbonyl (C=O) groups excluding carboxylic acids is 1. The fourth-order valence-corrected chi connectivity index (χ4v) is 6.02. The molecule has 0 saturated heterocycles. The van der Waals surface area contributed by atoms with E-state index in [1.807, 2.05) is 36.4 Å². The Kier molecular flexibility index (Phi) is 7.43. The van der Waals surface area contributed by atoms with Crippen LogP contribution in [0.3, 0.4) is 0 Å². The first kappa shape index (κ1) is 24.6. The molecule has 3 N–H and O–H groups in total. The molecule has 8 heteroatoms. The summed E-state index contributed by atoms with van der Waals surface area (Å²) in [7, 11) is 0. The first-order valence-corrected chi connectivity index (χ1v) is 13.6. The van der Waals surface area contributed by atoms with Crippen LogP contribution in [0.25, 0.3) is 5.69 Å². The average Bonchev–Trinajstić information content (AvgIpc) is 2.87. The number of aromatic nitrogens is 2. The first-order chi connectivity index (χ1) is 17.5. The average molecular weight is 504 g/mol. The summed E-state index contributed by atoms with van der Waals surface area (Å²) in [4.78, 5) is 33.6. The van der Waals surface area contributed by atoms with Crippen LogP contribution in [-0.4, -0.2) is 38.7 Å². The molecule has 5 rings (SSSR count). The van der Waals surface area contributed by atoms with Crippen molar-refractivity contribution >= 4 is 23.4 Å². The molecule has 2 aromatic carbocycles. The molecule has 36 heavy (non-hydrogen) atoms. The van der Waals surface area contributed by atoms with Gasteiger partial charge in [0.05, 0.1) is 29.2 Å². The molecule has 1 fully saturated rings. The van der Waals surface area contributed by atoms with Crippen molar-refractivity contribution in [2.45, 2.75) is 62.0 Å². The highest BCUT2D eigenvalue weighted by Crippen LogP contribution is 2.37. The molecule has 188 valence electrons. The molecule has 1 amide bonds. The Hall–Kier alpha value is -3.10. The largest absolute Gasteiger partial charge is 0.397 e. The van der Waals surface area contributed by atoms with Crippen molar-refractivity contribution in [1.29, 1.82) is 0 Å². The van der Waals surface area contributed by atoms with E-state index in [9.17, 15) is 9.59 Å². The summed E-state index contributed by atoms with van der Waals surface area (Å²) >= 11 is 1.67. The quantitative estimate of drug-likeness (QED) is 0.355. The lowest BCUT2D eigenvalue weighted by molar-refractivity contribution is -0.132. The van der Waals surface area contributed by atoms with Crippen LogP contribution in [0.5, 0.6) is 0 Å². The minimum absolute atomic E-state index is 0.0477. The predicted octanol–water partition coefficient (Wildman–Crippen LogP) is 4.08. The molecule has 1 atom stereocenters. The van der Waals surface area contributed by atoms with E-state index in [0.29, 0.717) is 53.3 Å². The number of nitrogens with one attached hydrogen (secondary N) is 1.